The number of carbonyl (C=O) groups excluding carboxylic acids is 3. The van der Waals surface area contributed by atoms with Crippen LogP contribution in [0.3, 0.4) is 0 Å². The van der Waals surface area contributed by atoms with Gasteiger partial charge in [-0.3, -0.25) is 14.4 Å². The second-order valence-electron chi connectivity index (χ2n) is 7.82. The number of fused-ring (bicyclic) bond motifs is 2. The summed E-state index contributed by atoms with van der Waals surface area (Å²) < 4.78 is 11.4. The van der Waals surface area contributed by atoms with Gasteiger partial charge in [-0.15, -0.1) is 0 Å². The van der Waals surface area contributed by atoms with E-state index in [-0.39, 0.29) is 30.4 Å². The van der Waals surface area contributed by atoms with Gasteiger partial charge in [0.25, 0.3) is 5.91 Å². The van der Waals surface area contributed by atoms with Crippen molar-refractivity contribution < 1.29 is 23.9 Å². The highest BCUT2D eigenvalue weighted by Gasteiger charge is 2.47. The first-order chi connectivity index (χ1) is 14.0. The molecule has 5 rings (SSSR count). The van der Waals surface area contributed by atoms with Crippen LogP contribution < -0.4 is 14.8 Å². The zero-order valence-electron chi connectivity index (χ0n) is 16.0. The highest BCUT2D eigenvalue weighted by atomic mass is 16.5. The van der Waals surface area contributed by atoms with Crippen LogP contribution in [0.5, 0.6) is 11.5 Å². The molecule has 1 saturated heterocycles. The van der Waals surface area contributed by atoms with Crippen LogP contribution >= 0.6 is 0 Å². The normalized spacial score (nSPS) is 22.2. The lowest BCUT2D eigenvalue weighted by atomic mass is 9.89. The number of methoxy groups -OCH3 is 1. The molecule has 0 aliphatic carbocycles. The quantitative estimate of drug-likeness (QED) is 0.849. The molecule has 3 aliphatic heterocycles. The maximum absolute atomic E-state index is 13.0. The molecule has 1 spiro atoms. The number of benzene rings is 2. The van der Waals surface area contributed by atoms with Crippen LogP contribution in [0.25, 0.3) is 0 Å². The van der Waals surface area contributed by atoms with Crippen LogP contribution in [0.2, 0.25) is 0 Å². The second-order valence-corrected chi connectivity index (χ2v) is 7.82. The fourth-order valence-corrected chi connectivity index (χ4v) is 4.39. The van der Waals surface area contributed by atoms with Crippen molar-refractivity contribution in [3.05, 3.63) is 53.1 Å². The van der Waals surface area contributed by atoms with Gasteiger partial charge in [0.05, 0.1) is 32.1 Å². The van der Waals surface area contributed by atoms with Gasteiger partial charge in [-0.25, -0.2) is 0 Å². The van der Waals surface area contributed by atoms with Crippen molar-refractivity contribution >= 4 is 23.3 Å². The number of ether oxygens (including phenoxy) is 2. The Balaban J connectivity index is 1.36. The predicted octanol–water partition coefficient (Wildman–Crippen LogP) is 2.44. The minimum atomic E-state index is -0.692. The first-order valence-electron chi connectivity index (χ1n) is 9.59. The molecular weight excluding hydrogens is 372 g/mol. The Labute approximate surface area is 167 Å². The third kappa shape index (κ3) is 2.93. The number of nitrogens with zero attached hydrogens (tertiary/aromatic N) is 1. The van der Waals surface area contributed by atoms with E-state index in [0.29, 0.717) is 42.1 Å². The number of Topliss-reactive ketones (excluding diaryl/α,β-unsaturated/α-hetero) is 1. The van der Waals surface area contributed by atoms with Gasteiger partial charge >= 0.3 is 0 Å². The third-order valence-electron chi connectivity index (χ3n) is 5.88. The van der Waals surface area contributed by atoms with E-state index >= 15 is 0 Å². The molecule has 7 heteroatoms. The highest BCUT2D eigenvalue weighted by Crippen LogP contribution is 2.40. The van der Waals surface area contributed by atoms with E-state index in [4.69, 9.17) is 9.47 Å². The fourth-order valence-electron chi connectivity index (χ4n) is 4.39. The summed E-state index contributed by atoms with van der Waals surface area (Å²) in [5.74, 6) is 0.985. The SMILES string of the molecule is COc1ccc2c(c1)C(=O)CC1(CCN(C(=O)c3ccc4c(c3)CC(=O)N4)C1)O2. The number of likely N-dealkylation sites (tertiary alicyclic amines) is 1. The lowest BCUT2D eigenvalue weighted by Crippen LogP contribution is -2.45. The van der Waals surface area contributed by atoms with Crippen molar-refractivity contribution in [3.8, 4) is 11.5 Å². The number of nitrogens with one attached hydrogen (secondary N) is 1. The summed E-state index contributed by atoms with van der Waals surface area (Å²) in [7, 11) is 1.56. The summed E-state index contributed by atoms with van der Waals surface area (Å²) in [6, 6.07) is 10.5. The molecule has 3 aliphatic rings. The first-order valence-corrected chi connectivity index (χ1v) is 9.59. The van der Waals surface area contributed by atoms with Crippen molar-refractivity contribution in [2.45, 2.75) is 24.9 Å². The molecule has 2 aromatic carbocycles. The summed E-state index contributed by atoms with van der Waals surface area (Å²) in [6.45, 7) is 0.878. The Morgan fingerprint density at radius 3 is 2.90 bits per heavy atom. The third-order valence-corrected chi connectivity index (χ3v) is 5.88. The van der Waals surface area contributed by atoms with Crippen molar-refractivity contribution in [1.82, 2.24) is 4.90 Å². The standard InChI is InChI=1S/C22H20N2O5/c1-28-15-3-5-19-16(10-15)18(25)11-22(29-19)6-7-24(12-22)21(27)13-2-4-17-14(8-13)9-20(26)23-17/h2-5,8,10H,6-7,9,11-12H2,1H3,(H,23,26). The Kier molecular flexibility index (Phi) is 3.87. The summed E-state index contributed by atoms with van der Waals surface area (Å²) in [5.41, 5.74) is 1.97. The van der Waals surface area contributed by atoms with Gasteiger partial charge in [0.2, 0.25) is 5.91 Å². The van der Waals surface area contributed by atoms with Crippen molar-refractivity contribution in [2.75, 3.05) is 25.5 Å². The van der Waals surface area contributed by atoms with Crippen LogP contribution in [0.1, 0.15) is 39.1 Å². The van der Waals surface area contributed by atoms with Gasteiger partial charge in [-0.1, -0.05) is 0 Å². The first kappa shape index (κ1) is 17.7. The van der Waals surface area contributed by atoms with Crippen molar-refractivity contribution in [3.63, 3.8) is 0 Å². The van der Waals surface area contributed by atoms with Gasteiger partial charge in [0.15, 0.2) is 5.78 Å². The van der Waals surface area contributed by atoms with Gasteiger partial charge < -0.3 is 19.7 Å². The fraction of sp³-hybridized carbons (Fsp3) is 0.318. The minimum absolute atomic E-state index is 0.00145. The molecule has 1 N–H and O–H groups in total. The average Bonchev–Trinajstić information content (AvgIpc) is 3.29. The topological polar surface area (TPSA) is 84.9 Å². The van der Waals surface area contributed by atoms with Crippen molar-refractivity contribution in [1.29, 1.82) is 0 Å². The summed E-state index contributed by atoms with van der Waals surface area (Å²) in [5, 5.41) is 2.77. The number of hydrogen-bond donors (Lipinski definition) is 1. The Morgan fingerprint density at radius 2 is 2.07 bits per heavy atom. The summed E-state index contributed by atoms with van der Waals surface area (Å²) >= 11 is 0. The Bertz CT molecular complexity index is 1060. The van der Waals surface area contributed by atoms with Gasteiger partial charge in [-0.2, -0.15) is 0 Å². The smallest absolute Gasteiger partial charge is 0.254 e. The Morgan fingerprint density at radius 1 is 1.21 bits per heavy atom. The number of carbonyl (C=O) groups is 3. The van der Waals surface area contributed by atoms with Gasteiger partial charge in [0.1, 0.15) is 17.1 Å². The zero-order valence-corrected chi connectivity index (χ0v) is 16.0. The van der Waals surface area contributed by atoms with Gasteiger partial charge in [0, 0.05) is 24.2 Å². The number of hydrogen-bond acceptors (Lipinski definition) is 5. The molecular formula is C22H20N2O5. The molecule has 3 heterocycles. The number of ketones is 1. The molecule has 2 aromatic rings. The maximum Gasteiger partial charge on any atom is 0.254 e. The highest BCUT2D eigenvalue weighted by molar-refractivity contribution is 6.02. The van der Waals surface area contributed by atoms with Crippen LogP contribution in [-0.4, -0.2) is 48.3 Å². The molecule has 0 aromatic heterocycles. The summed E-state index contributed by atoms with van der Waals surface area (Å²) in [4.78, 5) is 39.0. The molecule has 0 radical (unpaired) electrons. The molecule has 2 amide bonds. The number of amides is 2. The minimum Gasteiger partial charge on any atom is -0.497 e. The molecule has 29 heavy (non-hydrogen) atoms. The van der Waals surface area contributed by atoms with E-state index in [1.54, 1.807) is 48.4 Å². The average molecular weight is 392 g/mol. The molecule has 0 bridgehead atoms. The molecule has 7 nitrogen and oxygen atoms in total. The van der Waals surface area contributed by atoms with E-state index in [2.05, 4.69) is 5.32 Å². The monoisotopic (exact) mass is 392 g/mol. The van der Waals surface area contributed by atoms with Crippen molar-refractivity contribution in [2.24, 2.45) is 0 Å². The van der Waals surface area contributed by atoms with Crippen LogP contribution in [-0.2, 0) is 11.2 Å². The van der Waals surface area contributed by atoms with Crippen LogP contribution in [0, 0.1) is 0 Å². The molecule has 1 fully saturated rings. The maximum atomic E-state index is 13.0. The van der Waals surface area contributed by atoms with Crippen LogP contribution in [0.4, 0.5) is 5.69 Å². The predicted molar refractivity (Wildman–Crippen MR) is 105 cm³/mol. The van der Waals surface area contributed by atoms with E-state index < -0.39 is 5.60 Å². The zero-order chi connectivity index (χ0) is 20.2. The molecule has 0 saturated carbocycles. The lowest BCUT2D eigenvalue weighted by Gasteiger charge is -2.34. The number of anilines is 1. The number of rotatable bonds is 2. The van der Waals surface area contributed by atoms with Gasteiger partial charge in [-0.05, 0) is 42.0 Å². The van der Waals surface area contributed by atoms with E-state index in [9.17, 15) is 14.4 Å². The van der Waals surface area contributed by atoms with E-state index in [1.807, 2.05) is 0 Å². The van der Waals surface area contributed by atoms with E-state index in [1.165, 1.54) is 0 Å². The second kappa shape index (κ2) is 6.34. The van der Waals surface area contributed by atoms with E-state index in [0.717, 1.165) is 11.3 Å². The largest absolute Gasteiger partial charge is 0.497 e. The van der Waals surface area contributed by atoms with Crippen LogP contribution in [0.15, 0.2) is 36.4 Å². The Hall–Kier alpha value is -3.35. The molecule has 1 atom stereocenters. The molecule has 148 valence electrons. The lowest BCUT2D eigenvalue weighted by molar-refractivity contribution is -0.115. The summed E-state index contributed by atoms with van der Waals surface area (Å²) in [6.07, 6.45) is 1.12. The molecule has 1 unspecified atom stereocenters.